The Kier molecular flexibility index (Phi) is 8.72. The van der Waals surface area contributed by atoms with Crippen molar-refractivity contribution in [3.8, 4) is 11.1 Å². The number of hydrogen-bond donors (Lipinski definition) is 1. The first-order valence-corrected chi connectivity index (χ1v) is 20.3. The first-order valence-electron chi connectivity index (χ1n) is 20.3. The van der Waals surface area contributed by atoms with Gasteiger partial charge in [-0.3, -0.25) is 0 Å². The predicted molar refractivity (Wildman–Crippen MR) is 230 cm³/mol. The van der Waals surface area contributed by atoms with Gasteiger partial charge in [0, 0.05) is 40.3 Å². The van der Waals surface area contributed by atoms with Crippen LogP contribution in [-0.4, -0.2) is 0 Å². The molecule has 2 heteroatoms. The molecule has 270 valence electrons. The Balaban J connectivity index is 1.16. The van der Waals surface area contributed by atoms with Crippen LogP contribution in [0.3, 0.4) is 0 Å². The van der Waals surface area contributed by atoms with Crippen molar-refractivity contribution < 1.29 is 4.42 Å². The highest BCUT2D eigenvalue weighted by atomic mass is 16.3. The van der Waals surface area contributed by atoms with Crippen molar-refractivity contribution in [1.82, 2.24) is 5.32 Å². The van der Waals surface area contributed by atoms with Crippen LogP contribution >= 0.6 is 0 Å². The Bertz CT molecular complexity index is 2720. The number of allylic oxidation sites excluding steroid dienone is 1. The van der Waals surface area contributed by atoms with E-state index in [1.54, 1.807) is 0 Å². The zero-order chi connectivity index (χ0) is 36.9. The average Bonchev–Trinajstić information content (AvgIpc) is 3.54. The van der Waals surface area contributed by atoms with Gasteiger partial charge in [-0.1, -0.05) is 158 Å². The molecule has 4 unspecified atom stereocenters. The zero-order valence-electron chi connectivity index (χ0n) is 31.8. The maximum Gasteiger partial charge on any atom is 0.139 e. The number of furan rings is 1. The molecule has 1 aromatic heterocycles. The molecule has 0 radical (unpaired) electrons. The van der Waals surface area contributed by atoms with E-state index in [1.807, 2.05) is 0 Å². The topological polar surface area (TPSA) is 25.2 Å². The van der Waals surface area contributed by atoms with Crippen LogP contribution < -0.4 is 5.32 Å². The second-order valence-corrected chi connectivity index (χ2v) is 15.8. The molecule has 8 aromatic rings. The van der Waals surface area contributed by atoms with E-state index < -0.39 is 0 Å². The predicted octanol–water partition coefficient (Wildman–Crippen LogP) is 14.1. The second-order valence-electron chi connectivity index (χ2n) is 15.8. The Morgan fingerprint density at radius 3 is 2.22 bits per heavy atom. The first-order chi connectivity index (χ1) is 27.2. The van der Waals surface area contributed by atoms with Crippen LogP contribution in [0.1, 0.15) is 90.9 Å². The van der Waals surface area contributed by atoms with E-state index in [0.29, 0.717) is 0 Å². The number of nitrogens with one attached hydrogen (secondary N) is 1. The summed E-state index contributed by atoms with van der Waals surface area (Å²) in [5.41, 5.74) is 15.8. The Labute approximate surface area is 324 Å². The summed E-state index contributed by atoms with van der Waals surface area (Å²) < 4.78 is 7.08. The zero-order valence-corrected chi connectivity index (χ0v) is 31.8. The molecule has 0 saturated carbocycles. The van der Waals surface area contributed by atoms with Crippen LogP contribution in [-0.2, 0) is 6.42 Å². The Morgan fingerprint density at radius 1 is 0.618 bits per heavy atom. The third-order valence-corrected chi connectivity index (χ3v) is 12.8. The third-order valence-electron chi connectivity index (χ3n) is 12.8. The van der Waals surface area contributed by atoms with Crippen LogP contribution in [0, 0.1) is 5.92 Å². The highest BCUT2D eigenvalue weighted by Crippen LogP contribution is 2.49. The van der Waals surface area contributed by atoms with Crippen molar-refractivity contribution in [1.29, 1.82) is 0 Å². The Morgan fingerprint density at radius 2 is 1.35 bits per heavy atom. The van der Waals surface area contributed by atoms with Gasteiger partial charge in [-0.25, -0.2) is 0 Å². The molecule has 0 amide bonds. The van der Waals surface area contributed by atoms with Gasteiger partial charge in [-0.05, 0) is 106 Å². The minimum Gasteiger partial charge on any atom is -0.456 e. The lowest BCUT2D eigenvalue weighted by atomic mass is 9.75. The van der Waals surface area contributed by atoms with E-state index in [-0.39, 0.29) is 23.9 Å². The molecule has 1 aliphatic heterocycles. The number of rotatable bonds is 5. The molecule has 55 heavy (non-hydrogen) atoms. The van der Waals surface area contributed by atoms with E-state index >= 15 is 0 Å². The maximum absolute atomic E-state index is 7.08. The number of aryl methyl sites for hydroxylation is 1. The maximum atomic E-state index is 7.08. The van der Waals surface area contributed by atoms with Crippen molar-refractivity contribution in [2.75, 3.05) is 0 Å². The van der Waals surface area contributed by atoms with Crippen molar-refractivity contribution in [2.45, 2.75) is 64.0 Å². The molecule has 1 N–H and O–H groups in total. The fourth-order valence-corrected chi connectivity index (χ4v) is 10.2. The third kappa shape index (κ3) is 5.92. The van der Waals surface area contributed by atoms with Crippen LogP contribution in [0.2, 0.25) is 0 Å². The SMILES string of the molecule is CCC1/C(c2ccc3ccccc3c2)=C(/C)CCC(c2ccccc2)NC1c1cccc2oc3c(C4CCc5ccccc5-c5ccccc54)cccc3c12. The van der Waals surface area contributed by atoms with Crippen molar-refractivity contribution in [2.24, 2.45) is 5.92 Å². The van der Waals surface area contributed by atoms with Gasteiger partial charge in [0.1, 0.15) is 11.2 Å². The van der Waals surface area contributed by atoms with Crippen molar-refractivity contribution in [3.05, 3.63) is 197 Å². The molecular formula is C53H47NO. The van der Waals surface area contributed by atoms with Gasteiger partial charge in [-0.2, -0.15) is 0 Å². The molecule has 2 nitrogen and oxygen atoms in total. The summed E-state index contributed by atoms with van der Waals surface area (Å²) in [6.45, 7) is 4.76. The highest BCUT2D eigenvalue weighted by Gasteiger charge is 2.34. The summed E-state index contributed by atoms with van der Waals surface area (Å²) in [4.78, 5) is 0. The summed E-state index contributed by atoms with van der Waals surface area (Å²) >= 11 is 0. The van der Waals surface area contributed by atoms with Gasteiger partial charge in [0.05, 0.1) is 0 Å². The standard InChI is InChI=1S/C53H47NO/c1-3-40-50(39-29-28-35-15-7-8-19-38(35)33-39)34(2)27-32-48(37-17-5-4-6-18-37)54-52(40)46-24-14-26-49-51(46)47-25-13-23-45(53(47)55-49)44-31-30-36-16-9-10-20-41(36)42-21-11-12-22-43(42)44/h4-26,28-29,33,40,44,48,52,54H,3,27,30-32H2,1-2H3/b50-34-. The lowest BCUT2D eigenvalue weighted by molar-refractivity contribution is 0.350. The van der Waals surface area contributed by atoms with Crippen LogP contribution in [0.15, 0.2) is 168 Å². The van der Waals surface area contributed by atoms with Crippen LogP contribution in [0.25, 0.3) is 49.4 Å². The molecule has 0 bridgehead atoms. The number of benzene rings is 7. The van der Waals surface area contributed by atoms with Gasteiger partial charge in [-0.15, -0.1) is 0 Å². The van der Waals surface area contributed by atoms with Gasteiger partial charge < -0.3 is 9.73 Å². The summed E-state index contributed by atoms with van der Waals surface area (Å²) in [6.07, 6.45) is 5.17. The molecule has 2 heterocycles. The van der Waals surface area contributed by atoms with E-state index in [1.165, 1.54) is 77.2 Å². The van der Waals surface area contributed by atoms with Crippen LogP contribution in [0.4, 0.5) is 0 Å². The molecule has 4 atom stereocenters. The molecule has 10 rings (SSSR count). The van der Waals surface area contributed by atoms with Crippen molar-refractivity contribution in [3.63, 3.8) is 0 Å². The minimum absolute atomic E-state index is 0.0631. The molecule has 0 fully saturated rings. The average molecular weight is 714 g/mol. The highest BCUT2D eigenvalue weighted by molar-refractivity contribution is 6.08. The molecule has 0 saturated heterocycles. The van der Waals surface area contributed by atoms with Gasteiger partial charge >= 0.3 is 0 Å². The van der Waals surface area contributed by atoms with Crippen molar-refractivity contribution >= 4 is 38.3 Å². The van der Waals surface area contributed by atoms with E-state index in [2.05, 4.69) is 177 Å². The Hall–Kier alpha value is -5.70. The monoisotopic (exact) mass is 713 g/mol. The summed E-state index contributed by atoms with van der Waals surface area (Å²) in [5, 5.41) is 9.36. The quantitative estimate of drug-likeness (QED) is 0.192. The smallest absolute Gasteiger partial charge is 0.139 e. The largest absolute Gasteiger partial charge is 0.456 e. The summed E-state index contributed by atoms with van der Waals surface area (Å²) in [6, 6.07) is 58.9. The van der Waals surface area contributed by atoms with Gasteiger partial charge in [0.2, 0.25) is 0 Å². The van der Waals surface area contributed by atoms with E-state index in [4.69, 9.17) is 4.42 Å². The van der Waals surface area contributed by atoms with E-state index in [0.717, 1.165) is 43.3 Å². The molecular weight excluding hydrogens is 667 g/mol. The lowest BCUT2D eigenvalue weighted by Crippen LogP contribution is -2.34. The summed E-state index contributed by atoms with van der Waals surface area (Å²) in [7, 11) is 0. The number of hydrogen-bond acceptors (Lipinski definition) is 2. The first kappa shape index (κ1) is 33.8. The normalized spacial score (nSPS) is 21.5. The van der Waals surface area contributed by atoms with Gasteiger partial charge in [0.25, 0.3) is 0 Å². The molecule has 7 aromatic carbocycles. The fourth-order valence-electron chi connectivity index (χ4n) is 10.2. The molecule has 2 aliphatic rings. The van der Waals surface area contributed by atoms with Gasteiger partial charge in [0.15, 0.2) is 0 Å². The molecule has 1 aliphatic carbocycles. The fraction of sp³-hybridized carbons (Fsp3) is 0.208. The van der Waals surface area contributed by atoms with Crippen LogP contribution in [0.5, 0.6) is 0 Å². The van der Waals surface area contributed by atoms with E-state index in [9.17, 15) is 0 Å². The second kappa shape index (κ2) is 14.2. The number of para-hydroxylation sites is 1. The summed E-state index contributed by atoms with van der Waals surface area (Å²) in [5.74, 6) is 0.477. The molecule has 0 spiro atoms. The number of fused-ring (bicyclic) bond motifs is 7. The minimum atomic E-state index is 0.0631. The lowest BCUT2D eigenvalue weighted by Gasteiger charge is -2.37.